The summed E-state index contributed by atoms with van der Waals surface area (Å²) in [5.74, 6) is 1.11. The summed E-state index contributed by atoms with van der Waals surface area (Å²) in [6.07, 6.45) is 0.754. The maximum absolute atomic E-state index is 14.1. The van der Waals surface area contributed by atoms with Crippen LogP contribution in [0, 0.1) is 5.92 Å². The van der Waals surface area contributed by atoms with Gasteiger partial charge in [-0.1, -0.05) is 18.2 Å². The van der Waals surface area contributed by atoms with Crippen molar-refractivity contribution >= 4 is 0 Å². The van der Waals surface area contributed by atoms with Crippen molar-refractivity contribution in [2.24, 2.45) is 5.92 Å². The van der Waals surface area contributed by atoms with Gasteiger partial charge in [-0.05, 0) is 37.9 Å². The molecule has 1 N–H and O–H groups in total. The lowest BCUT2D eigenvalue weighted by molar-refractivity contribution is 0.271. The molecular weight excluding hydrogens is 205 g/mol. The van der Waals surface area contributed by atoms with Crippen molar-refractivity contribution in [3.8, 4) is 5.75 Å². The van der Waals surface area contributed by atoms with Crippen LogP contribution in [0.25, 0.3) is 0 Å². The summed E-state index contributed by atoms with van der Waals surface area (Å²) >= 11 is 0. The fraction of sp³-hybridized carbons (Fsp3) is 0.538. The molecule has 1 heterocycles. The minimum absolute atomic E-state index is 0.458. The predicted octanol–water partition coefficient (Wildman–Crippen LogP) is 2.71. The van der Waals surface area contributed by atoms with E-state index in [-0.39, 0.29) is 0 Å². The van der Waals surface area contributed by atoms with E-state index in [1.165, 1.54) is 0 Å². The van der Waals surface area contributed by atoms with Gasteiger partial charge in [-0.3, -0.25) is 0 Å². The maximum atomic E-state index is 14.1. The maximum Gasteiger partial charge on any atom is 0.129 e. The van der Waals surface area contributed by atoms with E-state index in [1.807, 2.05) is 24.3 Å². The average molecular weight is 223 g/mol. The summed E-state index contributed by atoms with van der Waals surface area (Å²) in [5.41, 5.74) is 0.678. The highest BCUT2D eigenvalue weighted by atomic mass is 19.1. The lowest BCUT2D eigenvalue weighted by Gasteiger charge is -2.15. The molecule has 0 bridgehead atoms. The number of hydrogen-bond acceptors (Lipinski definition) is 2. The van der Waals surface area contributed by atoms with E-state index >= 15 is 0 Å². The van der Waals surface area contributed by atoms with E-state index in [4.69, 9.17) is 4.74 Å². The highest BCUT2D eigenvalue weighted by Crippen LogP contribution is 2.33. The molecule has 1 aromatic carbocycles. The number of nitrogens with one attached hydrogen (secondary N) is 1. The number of rotatable bonds is 4. The Morgan fingerprint density at radius 2 is 2.31 bits per heavy atom. The van der Waals surface area contributed by atoms with Crippen molar-refractivity contribution < 1.29 is 9.13 Å². The second kappa shape index (κ2) is 5.30. The van der Waals surface area contributed by atoms with E-state index in [0.29, 0.717) is 23.7 Å². The van der Waals surface area contributed by atoms with Gasteiger partial charge in [-0.15, -0.1) is 0 Å². The molecule has 1 aliphatic heterocycles. The van der Waals surface area contributed by atoms with Crippen LogP contribution >= 0.6 is 0 Å². The molecule has 3 heteroatoms. The van der Waals surface area contributed by atoms with Crippen LogP contribution in [0.4, 0.5) is 4.39 Å². The van der Waals surface area contributed by atoms with Gasteiger partial charge in [0.2, 0.25) is 0 Å². The molecule has 0 saturated carbocycles. The van der Waals surface area contributed by atoms with Crippen LogP contribution in [0.5, 0.6) is 5.75 Å². The number of hydrogen-bond donors (Lipinski definition) is 1. The molecule has 1 saturated heterocycles. The third-order valence-corrected chi connectivity index (χ3v) is 3.18. The number of ether oxygens (including phenoxy) is 1. The zero-order chi connectivity index (χ0) is 11.4. The zero-order valence-electron chi connectivity index (χ0n) is 9.58. The van der Waals surface area contributed by atoms with Crippen LogP contribution in [0.3, 0.4) is 0 Å². The largest absolute Gasteiger partial charge is 0.496 e. The minimum atomic E-state index is -0.916. The monoisotopic (exact) mass is 223 g/mol. The summed E-state index contributed by atoms with van der Waals surface area (Å²) in [5, 5.41) is 3.26. The third-order valence-electron chi connectivity index (χ3n) is 3.18. The molecule has 0 radical (unpaired) electrons. The number of benzene rings is 1. The van der Waals surface area contributed by atoms with Gasteiger partial charge in [0.15, 0.2) is 0 Å². The van der Waals surface area contributed by atoms with Crippen LogP contribution < -0.4 is 10.1 Å². The highest BCUT2D eigenvalue weighted by molar-refractivity contribution is 5.35. The van der Waals surface area contributed by atoms with Crippen LogP contribution in [0.15, 0.2) is 24.3 Å². The van der Waals surface area contributed by atoms with Crippen LogP contribution in [0.2, 0.25) is 0 Å². The van der Waals surface area contributed by atoms with Gasteiger partial charge in [0.05, 0.1) is 7.11 Å². The molecule has 2 atom stereocenters. The molecule has 0 spiro atoms. The number of halogens is 1. The third kappa shape index (κ3) is 2.53. The zero-order valence-corrected chi connectivity index (χ0v) is 9.58. The van der Waals surface area contributed by atoms with Gasteiger partial charge in [0.1, 0.15) is 11.9 Å². The van der Waals surface area contributed by atoms with E-state index in [0.717, 1.165) is 19.5 Å². The molecule has 0 aromatic heterocycles. The fourth-order valence-electron chi connectivity index (χ4n) is 2.26. The molecule has 2 nitrogen and oxygen atoms in total. The molecule has 0 aliphatic carbocycles. The molecule has 0 amide bonds. The number of para-hydroxylation sites is 1. The summed E-state index contributed by atoms with van der Waals surface area (Å²) in [4.78, 5) is 0. The van der Waals surface area contributed by atoms with Crippen LogP contribution in [-0.4, -0.2) is 20.2 Å². The Kier molecular flexibility index (Phi) is 3.78. The number of alkyl halides is 1. The highest BCUT2D eigenvalue weighted by Gasteiger charge is 2.22. The summed E-state index contributed by atoms with van der Waals surface area (Å²) in [6, 6.07) is 7.35. The Morgan fingerprint density at radius 1 is 1.50 bits per heavy atom. The van der Waals surface area contributed by atoms with Crippen LogP contribution in [0.1, 0.15) is 24.6 Å². The molecule has 16 heavy (non-hydrogen) atoms. The number of methoxy groups -OCH3 is 1. The van der Waals surface area contributed by atoms with Crippen molar-refractivity contribution in [1.82, 2.24) is 5.32 Å². The van der Waals surface area contributed by atoms with Gasteiger partial charge in [-0.25, -0.2) is 4.39 Å². The van der Waals surface area contributed by atoms with E-state index in [1.54, 1.807) is 7.11 Å². The van der Waals surface area contributed by atoms with Gasteiger partial charge in [0.25, 0.3) is 0 Å². The first-order valence-corrected chi connectivity index (χ1v) is 5.79. The average Bonchev–Trinajstić information content (AvgIpc) is 2.81. The van der Waals surface area contributed by atoms with Gasteiger partial charge >= 0.3 is 0 Å². The Hall–Kier alpha value is -1.09. The predicted molar refractivity (Wildman–Crippen MR) is 62.4 cm³/mol. The van der Waals surface area contributed by atoms with Gasteiger partial charge in [-0.2, -0.15) is 0 Å². The normalized spacial score (nSPS) is 22.0. The topological polar surface area (TPSA) is 21.3 Å². The first-order valence-electron chi connectivity index (χ1n) is 5.79. The molecule has 1 aliphatic rings. The smallest absolute Gasteiger partial charge is 0.129 e. The second-order valence-electron chi connectivity index (χ2n) is 4.30. The Bertz CT molecular complexity index is 336. The standard InChI is InChI=1S/C13H18FNO/c1-16-13-5-3-2-4-11(13)12(14)8-10-6-7-15-9-10/h2-5,10,12,15H,6-9H2,1H3. The fourth-order valence-corrected chi connectivity index (χ4v) is 2.26. The van der Waals surface area contributed by atoms with Crippen LogP contribution in [-0.2, 0) is 0 Å². The lowest BCUT2D eigenvalue weighted by atomic mass is 9.97. The van der Waals surface area contributed by atoms with Crippen molar-refractivity contribution in [2.75, 3.05) is 20.2 Å². The Balaban J connectivity index is 2.04. The van der Waals surface area contributed by atoms with Crippen molar-refractivity contribution in [2.45, 2.75) is 19.0 Å². The van der Waals surface area contributed by atoms with Gasteiger partial charge in [0, 0.05) is 5.56 Å². The molecule has 88 valence electrons. The van der Waals surface area contributed by atoms with Gasteiger partial charge < -0.3 is 10.1 Å². The molecule has 2 rings (SSSR count). The quantitative estimate of drug-likeness (QED) is 0.847. The summed E-state index contributed by atoms with van der Waals surface area (Å²) in [7, 11) is 1.59. The SMILES string of the molecule is COc1ccccc1C(F)CC1CCNC1. The van der Waals surface area contributed by atoms with Crippen molar-refractivity contribution in [3.63, 3.8) is 0 Å². The van der Waals surface area contributed by atoms with E-state index in [9.17, 15) is 4.39 Å². The molecule has 1 aromatic rings. The van der Waals surface area contributed by atoms with Crippen molar-refractivity contribution in [3.05, 3.63) is 29.8 Å². The molecule has 1 fully saturated rings. The molecular formula is C13H18FNO. The van der Waals surface area contributed by atoms with E-state index in [2.05, 4.69) is 5.32 Å². The second-order valence-corrected chi connectivity index (χ2v) is 4.30. The van der Waals surface area contributed by atoms with E-state index < -0.39 is 6.17 Å². The first-order chi connectivity index (χ1) is 7.81. The van der Waals surface area contributed by atoms with Crippen molar-refractivity contribution in [1.29, 1.82) is 0 Å². The Morgan fingerprint density at radius 3 is 3.00 bits per heavy atom. The lowest BCUT2D eigenvalue weighted by Crippen LogP contribution is -2.11. The Labute approximate surface area is 95.8 Å². The molecule has 2 unspecified atom stereocenters. The minimum Gasteiger partial charge on any atom is -0.496 e. The summed E-state index contributed by atoms with van der Waals surface area (Å²) in [6.45, 7) is 1.96. The summed E-state index contributed by atoms with van der Waals surface area (Å²) < 4.78 is 19.3. The first kappa shape index (κ1) is 11.4.